The summed E-state index contributed by atoms with van der Waals surface area (Å²) in [6, 6.07) is 9.11. The molecule has 0 bridgehead atoms. The monoisotopic (exact) mass is 288 g/mol. The first-order chi connectivity index (χ1) is 10.2. The zero-order valence-corrected chi connectivity index (χ0v) is 12.4. The number of rotatable bonds is 8. The van der Waals surface area contributed by atoms with Crippen molar-refractivity contribution >= 4 is 11.7 Å². The Morgan fingerprint density at radius 2 is 2.05 bits per heavy atom. The van der Waals surface area contributed by atoms with E-state index in [0.29, 0.717) is 6.61 Å². The van der Waals surface area contributed by atoms with Crippen LogP contribution in [0, 0.1) is 11.3 Å². The van der Waals surface area contributed by atoms with Crippen molar-refractivity contribution in [3.8, 4) is 11.8 Å². The van der Waals surface area contributed by atoms with E-state index in [9.17, 15) is 4.79 Å². The SMILES string of the molecule is CCCCOc1ccc(N/C=C(\C#N)C(=O)OCC)cc1. The number of nitrogens with one attached hydrogen (secondary N) is 1. The Morgan fingerprint density at radius 3 is 2.62 bits per heavy atom. The van der Waals surface area contributed by atoms with Crippen LogP contribution in [0.5, 0.6) is 5.75 Å². The number of hydrogen-bond donors (Lipinski definition) is 1. The Morgan fingerprint density at radius 1 is 1.33 bits per heavy atom. The summed E-state index contributed by atoms with van der Waals surface area (Å²) in [5.41, 5.74) is 0.690. The minimum absolute atomic E-state index is 0.0693. The topological polar surface area (TPSA) is 71.3 Å². The molecular formula is C16H20N2O3. The molecule has 0 spiro atoms. The summed E-state index contributed by atoms with van der Waals surface area (Å²) in [5, 5.41) is 11.8. The second kappa shape index (κ2) is 9.43. The van der Waals surface area contributed by atoms with Gasteiger partial charge in [0.1, 0.15) is 11.8 Å². The molecule has 0 aliphatic rings. The highest BCUT2D eigenvalue weighted by molar-refractivity contribution is 5.93. The lowest BCUT2D eigenvalue weighted by molar-refractivity contribution is -0.138. The van der Waals surface area contributed by atoms with Gasteiger partial charge < -0.3 is 14.8 Å². The van der Waals surface area contributed by atoms with Gasteiger partial charge in [-0.15, -0.1) is 0 Å². The van der Waals surface area contributed by atoms with E-state index in [-0.39, 0.29) is 12.2 Å². The molecule has 0 heterocycles. The number of carbonyl (C=O) groups excluding carboxylic acids is 1. The smallest absolute Gasteiger partial charge is 0.350 e. The van der Waals surface area contributed by atoms with E-state index in [1.165, 1.54) is 6.20 Å². The van der Waals surface area contributed by atoms with Crippen molar-refractivity contribution in [2.75, 3.05) is 18.5 Å². The maximum atomic E-state index is 11.4. The molecule has 0 unspecified atom stereocenters. The van der Waals surface area contributed by atoms with Gasteiger partial charge in [0.25, 0.3) is 0 Å². The van der Waals surface area contributed by atoms with Crippen LogP contribution in [0.3, 0.4) is 0 Å². The summed E-state index contributed by atoms with van der Waals surface area (Å²) in [4.78, 5) is 11.4. The molecule has 0 atom stereocenters. The fourth-order valence-electron chi connectivity index (χ4n) is 1.48. The molecule has 0 aromatic heterocycles. The highest BCUT2D eigenvalue weighted by atomic mass is 16.5. The third kappa shape index (κ3) is 6.00. The second-order valence-electron chi connectivity index (χ2n) is 4.26. The fourth-order valence-corrected chi connectivity index (χ4v) is 1.48. The lowest BCUT2D eigenvalue weighted by Gasteiger charge is -2.07. The van der Waals surface area contributed by atoms with Crippen molar-refractivity contribution in [3.63, 3.8) is 0 Å². The summed E-state index contributed by atoms with van der Waals surface area (Å²) in [7, 11) is 0. The third-order valence-electron chi connectivity index (χ3n) is 2.62. The second-order valence-corrected chi connectivity index (χ2v) is 4.26. The van der Waals surface area contributed by atoms with Crippen LogP contribution in [-0.4, -0.2) is 19.2 Å². The van der Waals surface area contributed by atoms with Crippen LogP contribution < -0.4 is 10.1 Å². The summed E-state index contributed by atoms with van der Waals surface area (Å²) in [5.74, 6) is 0.163. The lowest BCUT2D eigenvalue weighted by atomic mass is 10.3. The molecule has 1 aromatic rings. The van der Waals surface area contributed by atoms with Crippen LogP contribution in [-0.2, 0) is 9.53 Å². The van der Waals surface area contributed by atoms with E-state index < -0.39 is 5.97 Å². The number of carbonyl (C=O) groups is 1. The Kier molecular flexibility index (Phi) is 7.44. The minimum Gasteiger partial charge on any atom is -0.494 e. The number of anilines is 1. The highest BCUT2D eigenvalue weighted by Crippen LogP contribution is 2.16. The largest absolute Gasteiger partial charge is 0.494 e. The van der Waals surface area contributed by atoms with Gasteiger partial charge in [0.2, 0.25) is 0 Å². The zero-order chi connectivity index (χ0) is 15.5. The van der Waals surface area contributed by atoms with Crippen molar-refractivity contribution < 1.29 is 14.3 Å². The zero-order valence-electron chi connectivity index (χ0n) is 12.4. The number of hydrogen-bond acceptors (Lipinski definition) is 5. The van der Waals surface area contributed by atoms with Crippen LogP contribution >= 0.6 is 0 Å². The van der Waals surface area contributed by atoms with Crippen LogP contribution in [0.4, 0.5) is 5.69 Å². The number of ether oxygens (including phenoxy) is 2. The van der Waals surface area contributed by atoms with Crippen LogP contribution in [0.1, 0.15) is 26.7 Å². The van der Waals surface area contributed by atoms with E-state index in [1.54, 1.807) is 13.0 Å². The van der Waals surface area contributed by atoms with E-state index in [2.05, 4.69) is 12.2 Å². The molecule has 112 valence electrons. The molecule has 0 saturated carbocycles. The van der Waals surface area contributed by atoms with Gasteiger partial charge in [-0.1, -0.05) is 13.3 Å². The highest BCUT2D eigenvalue weighted by Gasteiger charge is 2.08. The molecule has 5 nitrogen and oxygen atoms in total. The number of unbranched alkanes of at least 4 members (excludes halogenated alkanes) is 1. The number of nitriles is 1. The van der Waals surface area contributed by atoms with Gasteiger partial charge in [-0.3, -0.25) is 0 Å². The molecule has 0 aliphatic heterocycles. The molecule has 0 saturated heterocycles. The quantitative estimate of drug-likeness (QED) is 0.344. The predicted molar refractivity (Wildman–Crippen MR) is 80.8 cm³/mol. The molecule has 5 heteroatoms. The molecular weight excluding hydrogens is 268 g/mol. The Labute approximate surface area is 125 Å². The summed E-state index contributed by atoms with van der Waals surface area (Å²) in [6.07, 6.45) is 3.45. The fraction of sp³-hybridized carbons (Fsp3) is 0.375. The first-order valence-electron chi connectivity index (χ1n) is 6.98. The van der Waals surface area contributed by atoms with E-state index in [4.69, 9.17) is 14.7 Å². The van der Waals surface area contributed by atoms with Gasteiger partial charge >= 0.3 is 5.97 Å². The number of esters is 1. The molecule has 0 aliphatic carbocycles. The van der Waals surface area contributed by atoms with E-state index in [1.807, 2.05) is 24.3 Å². The average Bonchev–Trinajstić information content (AvgIpc) is 2.50. The van der Waals surface area contributed by atoms with Crippen LogP contribution in [0.25, 0.3) is 0 Å². The normalized spacial score (nSPS) is 10.6. The van der Waals surface area contributed by atoms with Crippen molar-refractivity contribution in [1.29, 1.82) is 5.26 Å². The average molecular weight is 288 g/mol. The molecule has 1 aromatic carbocycles. The molecule has 1 N–H and O–H groups in total. The third-order valence-corrected chi connectivity index (χ3v) is 2.62. The number of benzene rings is 1. The molecule has 0 amide bonds. The summed E-state index contributed by atoms with van der Waals surface area (Å²) < 4.78 is 10.3. The Bertz CT molecular complexity index is 515. The summed E-state index contributed by atoms with van der Waals surface area (Å²) in [6.45, 7) is 4.74. The molecule has 0 fully saturated rings. The van der Waals surface area contributed by atoms with Gasteiger partial charge in [-0.2, -0.15) is 5.26 Å². The van der Waals surface area contributed by atoms with Gasteiger partial charge in [0.15, 0.2) is 5.57 Å². The molecule has 0 radical (unpaired) electrons. The Hall–Kier alpha value is -2.48. The standard InChI is InChI=1S/C16H20N2O3/c1-3-5-10-21-15-8-6-14(7-9-15)18-12-13(11-17)16(19)20-4-2/h6-9,12,18H,3-5,10H2,1-2H3/b13-12+. The van der Waals surface area contributed by atoms with Gasteiger partial charge in [-0.25, -0.2) is 4.79 Å². The first kappa shape index (κ1) is 16.6. The summed E-state index contributed by atoms with van der Waals surface area (Å²) >= 11 is 0. The van der Waals surface area contributed by atoms with Gasteiger partial charge in [0, 0.05) is 11.9 Å². The maximum Gasteiger partial charge on any atom is 0.350 e. The maximum absolute atomic E-state index is 11.4. The van der Waals surface area contributed by atoms with Crippen molar-refractivity contribution in [2.24, 2.45) is 0 Å². The minimum atomic E-state index is -0.632. The first-order valence-corrected chi connectivity index (χ1v) is 6.98. The molecule has 21 heavy (non-hydrogen) atoms. The Balaban J connectivity index is 2.58. The predicted octanol–water partition coefficient (Wildman–Crippen LogP) is 3.25. The van der Waals surface area contributed by atoms with Gasteiger partial charge in [0.05, 0.1) is 13.2 Å². The van der Waals surface area contributed by atoms with Crippen molar-refractivity contribution in [3.05, 3.63) is 36.0 Å². The van der Waals surface area contributed by atoms with Crippen LogP contribution in [0.15, 0.2) is 36.0 Å². The van der Waals surface area contributed by atoms with Gasteiger partial charge in [-0.05, 0) is 37.6 Å². The van der Waals surface area contributed by atoms with Crippen molar-refractivity contribution in [1.82, 2.24) is 0 Å². The van der Waals surface area contributed by atoms with E-state index in [0.717, 1.165) is 24.3 Å². The molecule has 1 rings (SSSR count). The van der Waals surface area contributed by atoms with Crippen LogP contribution in [0.2, 0.25) is 0 Å². The number of nitrogens with zero attached hydrogens (tertiary/aromatic N) is 1. The lowest BCUT2D eigenvalue weighted by Crippen LogP contribution is -2.07. The van der Waals surface area contributed by atoms with E-state index >= 15 is 0 Å². The van der Waals surface area contributed by atoms with Crippen molar-refractivity contribution in [2.45, 2.75) is 26.7 Å².